The fraction of sp³-hybridized carbons (Fsp3) is 0.0164. The Morgan fingerprint density at radius 1 is 0.159 bits per heavy atom. The Balaban J connectivity index is 0.000000145. The highest BCUT2D eigenvalue weighted by atomic mass is 16.3. The Kier molecular flexibility index (Phi) is 18.7. The van der Waals surface area contributed by atoms with Gasteiger partial charge in [-0.1, -0.05) is 406 Å². The average Bonchev–Trinajstić information content (AvgIpc) is 1.53. The fourth-order valence-electron chi connectivity index (χ4n) is 20.3. The van der Waals surface area contributed by atoms with E-state index in [-0.39, 0.29) is 0 Å². The molecule has 0 radical (unpaired) electrons. The van der Waals surface area contributed by atoms with E-state index in [4.69, 9.17) is 8.83 Å². The van der Waals surface area contributed by atoms with Gasteiger partial charge in [0.05, 0.1) is 27.9 Å². The molecule has 4 nitrogen and oxygen atoms in total. The summed E-state index contributed by atoms with van der Waals surface area (Å²) in [5.74, 6) is 0. The van der Waals surface area contributed by atoms with E-state index in [1.165, 1.54) is 94.6 Å². The molecule has 126 heavy (non-hydrogen) atoms. The summed E-state index contributed by atoms with van der Waals surface area (Å²) in [6.45, 7) is 0. The molecular weight excluding hydrogens is 1530 g/mol. The van der Waals surface area contributed by atoms with Crippen LogP contribution in [0.3, 0.4) is 0 Å². The van der Waals surface area contributed by atoms with Crippen molar-refractivity contribution in [1.29, 1.82) is 0 Å². The van der Waals surface area contributed by atoms with Gasteiger partial charge in [0.2, 0.25) is 0 Å². The summed E-state index contributed by atoms with van der Waals surface area (Å²) in [6.07, 6.45) is 0. The Morgan fingerprint density at radius 2 is 0.429 bits per heavy atom. The second-order valence-electron chi connectivity index (χ2n) is 32.8. The Bertz CT molecular complexity index is 7730. The highest BCUT2D eigenvalue weighted by Crippen LogP contribution is 2.62. The molecule has 0 unspecified atom stereocenters. The van der Waals surface area contributed by atoms with E-state index in [1.807, 2.05) is 24.3 Å². The molecule has 20 aromatic carbocycles. The molecular formula is C122H82N2O2. The Morgan fingerprint density at radius 3 is 0.857 bits per heavy atom. The highest BCUT2D eigenvalue weighted by Gasteiger charge is 2.49. The molecule has 2 heterocycles. The van der Waals surface area contributed by atoms with Crippen LogP contribution in [0, 0.1) is 0 Å². The standard InChI is InChI=1S/2C61H41NO/c1-4-18-42(19-5-1)43-34-36-44(37-35-43)50-26-11-14-31-56(50)62(49-25-16-20-45(40-49)46-38-39-59-53(41-46)51-27-12-15-33-58(51)63-59)57-32-17-30-55-60(57)52-28-10-13-29-54(52)61(55,47-21-6-2-7-22-47)48-23-8-3-9-24-48;1-4-17-42(18-5-1)43-33-35-44(36-34-43)45-19-14-25-50(39-45)62(51-26-15-20-46(40-51)47-37-38-59-54(41-47)52-27-11-13-32-58(52)63-59)57-31-16-30-56-60(57)53-28-10-12-29-55(53)61(56,48-21-6-2-7-22-48)49-23-8-3-9-24-49/h2*1-41H. The lowest BCUT2D eigenvalue weighted by molar-refractivity contribution is 0.668. The minimum absolute atomic E-state index is 0.525. The Labute approximate surface area is 733 Å². The van der Waals surface area contributed by atoms with E-state index in [1.54, 1.807) is 0 Å². The number of para-hydroxylation sites is 3. The van der Waals surface area contributed by atoms with Crippen molar-refractivity contribution in [2.75, 3.05) is 9.80 Å². The minimum atomic E-state index is -0.534. The van der Waals surface area contributed by atoms with Crippen molar-refractivity contribution in [3.05, 3.63) is 542 Å². The monoisotopic (exact) mass is 1610 g/mol. The van der Waals surface area contributed by atoms with E-state index in [0.29, 0.717) is 0 Å². The first kappa shape index (κ1) is 74.6. The van der Waals surface area contributed by atoms with Crippen LogP contribution in [0.25, 0.3) is 133 Å². The molecule has 4 heteroatoms. The lowest BCUT2D eigenvalue weighted by atomic mass is 9.68. The van der Waals surface area contributed by atoms with Crippen LogP contribution in [0.2, 0.25) is 0 Å². The minimum Gasteiger partial charge on any atom is -0.456 e. The highest BCUT2D eigenvalue weighted by molar-refractivity contribution is 6.09. The zero-order chi connectivity index (χ0) is 83.5. The summed E-state index contributed by atoms with van der Waals surface area (Å²) in [5, 5.41) is 4.48. The zero-order valence-corrected chi connectivity index (χ0v) is 69.1. The molecule has 0 fully saturated rings. The van der Waals surface area contributed by atoms with Crippen molar-refractivity contribution < 1.29 is 8.83 Å². The van der Waals surface area contributed by atoms with Gasteiger partial charge in [-0.2, -0.15) is 0 Å². The molecule has 0 saturated carbocycles. The summed E-state index contributed by atoms with van der Waals surface area (Å²) < 4.78 is 12.5. The van der Waals surface area contributed by atoms with Crippen LogP contribution >= 0.6 is 0 Å². The third-order valence-electron chi connectivity index (χ3n) is 25.9. The van der Waals surface area contributed by atoms with Crippen LogP contribution in [0.4, 0.5) is 34.1 Å². The molecule has 0 aliphatic heterocycles. The van der Waals surface area contributed by atoms with Crippen molar-refractivity contribution in [3.8, 4) is 89.0 Å². The number of fused-ring (bicyclic) bond motifs is 12. The zero-order valence-electron chi connectivity index (χ0n) is 69.1. The van der Waals surface area contributed by atoms with Crippen molar-refractivity contribution in [2.45, 2.75) is 10.8 Å². The third kappa shape index (κ3) is 12.7. The molecule has 24 rings (SSSR count). The quantitative estimate of drug-likeness (QED) is 0.0965. The molecule has 0 saturated heterocycles. The topological polar surface area (TPSA) is 32.8 Å². The Hall–Kier alpha value is -16.4. The molecule has 0 spiro atoms. The second-order valence-corrected chi connectivity index (χ2v) is 32.8. The van der Waals surface area contributed by atoms with Crippen LogP contribution < -0.4 is 9.80 Å². The summed E-state index contributed by atoms with van der Waals surface area (Å²) >= 11 is 0. The summed E-state index contributed by atoms with van der Waals surface area (Å²) in [7, 11) is 0. The maximum Gasteiger partial charge on any atom is 0.135 e. The number of nitrogens with zero attached hydrogens (tertiary/aromatic N) is 2. The number of rotatable bonds is 16. The number of hydrogen-bond donors (Lipinski definition) is 0. The second kappa shape index (κ2) is 31.6. The maximum atomic E-state index is 6.25. The summed E-state index contributed by atoms with van der Waals surface area (Å²) in [4.78, 5) is 4.97. The van der Waals surface area contributed by atoms with Crippen molar-refractivity contribution in [2.24, 2.45) is 0 Å². The lowest BCUT2D eigenvalue weighted by Crippen LogP contribution is -2.28. The summed E-state index contributed by atoms with van der Waals surface area (Å²) in [6, 6.07) is 181. The fourth-order valence-corrected chi connectivity index (χ4v) is 20.3. The van der Waals surface area contributed by atoms with Gasteiger partial charge in [-0.05, 0) is 208 Å². The van der Waals surface area contributed by atoms with E-state index in [2.05, 4.69) is 483 Å². The summed E-state index contributed by atoms with van der Waals surface area (Å²) in [5.41, 5.74) is 38.1. The third-order valence-corrected chi connectivity index (χ3v) is 25.9. The molecule has 22 aromatic rings. The maximum absolute atomic E-state index is 6.25. The van der Waals surface area contributed by atoms with Crippen LogP contribution in [-0.2, 0) is 10.8 Å². The molecule has 0 atom stereocenters. The predicted octanol–water partition coefficient (Wildman–Crippen LogP) is 32.8. The largest absolute Gasteiger partial charge is 0.456 e. The van der Waals surface area contributed by atoms with E-state index < -0.39 is 10.8 Å². The van der Waals surface area contributed by atoms with E-state index in [0.717, 1.165) is 117 Å². The van der Waals surface area contributed by atoms with Gasteiger partial charge >= 0.3 is 0 Å². The van der Waals surface area contributed by atoms with Gasteiger partial charge in [-0.15, -0.1) is 0 Å². The van der Waals surface area contributed by atoms with Crippen molar-refractivity contribution in [1.82, 2.24) is 0 Å². The number of benzene rings is 20. The SMILES string of the molecule is c1ccc(-c2ccc(-c3cccc(N(c4cccc(-c5ccc6oc7ccccc7c6c5)c4)c4cccc5c4-c4ccccc4C5(c4ccccc4)c4ccccc4)c3)cc2)cc1.c1ccc(-c2ccc(-c3ccccc3N(c3cccc(-c4ccc5oc6ccccc6c5c4)c3)c3cccc4c3-c3ccccc3C4(c3ccccc3)c3ccccc3)cc2)cc1. The molecule has 2 aromatic heterocycles. The number of anilines is 6. The lowest BCUT2D eigenvalue weighted by Gasteiger charge is -2.34. The van der Waals surface area contributed by atoms with Crippen LogP contribution in [0.5, 0.6) is 0 Å². The van der Waals surface area contributed by atoms with Gasteiger partial charge in [-0.25, -0.2) is 0 Å². The van der Waals surface area contributed by atoms with E-state index >= 15 is 0 Å². The molecule has 592 valence electrons. The molecule has 2 aliphatic rings. The first-order valence-corrected chi connectivity index (χ1v) is 43.3. The van der Waals surface area contributed by atoms with E-state index in [9.17, 15) is 0 Å². The first-order valence-electron chi connectivity index (χ1n) is 43.3. The smallest absolute Gasteiger partial charge is 0.135 e. The van der Waals surface area contributed by atoms with Crippen LogP contribution in [0.15, 0.2) is 506 Å². The van der Waals surface area contributed by atoms with Crippen LogP contribution in [-0.4, -0.2) is 0 Å². The normalized spacial score (nSPS) is 12.6. The average molecular weight is 1610 g/mol. The predicted molar refractivity (Wildman–Crippen MR) is 524 cm³/mol. The van der Waals surface area contributed by atoms with Crippen LogP contribution in [0.1, 0.15) is 44.5 Å². The van der Waals surface area contributed by atoms with Gasteiger partial charge in [0.15, 0.2) is 0 Å². The van der Waals surface area contributed by atoms with Crippen molar-refractivity contribution >= 4 is 78.0 Å². The van der Waals surface area contributed by atoms with Gasteiger partial charge in [0.1, 0.15) is 22.3 Å². The van der Waals surface area contributed by atoms with Gasteiger partial charge < -0.3 is 18.6 Å². The number of furan rings is 2. The first-order chi connectivity index (χ1) is 62.5. The molecule has 0 N–H and O–H groups in total. The van der Waals surface area contributed by atoms with Gasteiger partial charge in [0.25, 0.3) is 0 Å². The van der Waals surface area contributed by atoms with Gasteiger partial charge in [0, 0.05) is 55.3 Å². The van der Waals surface area contributed by atoms with Crippen molar-refractivity contribution in [3.63, 3.8) is 0 Å². The van der Waals surface area contributed by atoms with Gasteiger partial charge in [-0.3, -0.25) is 0 Å². The molecule has 0 amide bonds. The molecule has 2 aliphatic carbocycles. The molecule has 0 bridgehead atoms. The number of hydrogen-bond acceptors (Lipinski definition) is 4.